The molecule has 1 aromatic carbocycles. The summed E-state index contributed by atoms with van der Waals surface area (Å²) in [5.41, 5.74) is 3.56. The van der Waals surface area contributed by atoms with Crippen molar-refractivity contribution in [3.8, 4) is 0 Å². The summed E-state index contributed by atoms with van der Waals surface area (Å²) in [6.07, 6.45) is 2.34. The topological polar surface area (TPSA) is 47.3 Å². The lowest BCUT2D eigenvalue weighted by Crippen LogP contribution is -2.38. The molecule has 16 heavy (non-hydrogen) atoms. The first-order chi connectivity index (χ1) is 7.76. The van der Waals surface area contributed by atoms with E-state index in [1.165, 1.54) is 12.1 Å². The summed E-state index contributed by atoms with van der Waals surface area (Å²) in [5.74, 6) is 5.83. The van der Waals surface area contributed by atoms with Crippen molar-refractivity contribution >= 4 is 0 Å². The lowest BCUT2D eigenvalue weighted by atomic mass is 9.98. The van der Waals surface area contributed by atoms with Crippen LogP contribution in [-0.4, -0.2) is 13.2 Å². The molecule has 88 valence electrons. The Balaban J connectivity index is 2.20. The van der Waals surface area contributed by atoms with Crippen molar-refractivity contribution in [2.45, 2.75) is 25.0 Å². The number of hydrogen-bond acceptors (Lipinski definition) is 3. The van der Waals surface area contributed by atoms with Gasteiger partial charge in [0, 0.05) is 7.11 Å². The molecule has 4 heteroatoms. The number of rotatable bonds is 5. The molecule has 3 nitrogen and oxygen atoms in total. The van der Waals surface area contributed by atoms with E-state index in [4.69, 9.17) is 10.6 Å². The highest BCUT2D eigenvalue weighted by Crippen LogP contribution is 2.39. The first kappa shape index (κ1) is 11.5. The van der Waals surface area contributed by atoms with Crippen molar-refractivity contribution in [3.05, 3.63) is 35.6 Å². The van der Waals surface area contributed by atoms with Gasteiger partial charge in [-0.25, -0.2) is 4.39 Å². The van der Waals surface area contributed by atoms with Crippen molar-refractivity contribution < 1.29 is 9.13 Å². The van der Waals surface area contributed by atoms with E-state index in [9.17, 15) is 4.39 Å². The highest BCUT2D eigenvalue weighted by Gasteiger charge is 2.37. The Kier molecular flexibility index (Phi) is 3.53. The van der Waals surface area contributed by atoms with Gasteiger partial charge in [-0.15, -0.1) is 0 Å². The zero-order chi connectivity index (χ0) is 11.5. The Labute approximate surface area is 94.8 Å². The van der Waals surface area contributed by atoms with Crippen molar-refractivity contribution in [2.24, 2.45) is 11.8 Å². The van der Waals surface area contributed by atoms with Crippen LogP contribution >= 0.6 is 0 Å². The molecule has 2 rings (SSSR count). The van der Waals surface area contributed by atoms with Gasteiger partial charge >= 0.3 is 0 Å². The van der Waals surface area contributed by atoms with Crippen molar-refractivity contribution in [3.63, 3.8) is 0 Å². The standard InChI is InChI=1S/C12H17FN2O/c1-16-12(8-5-6-8)11(15-14)9-3-2-4-10(13)7-9/h2-4,7-8,11-12,15H,5-6,14H2,1H3. The predicted octanol–water partition coefficient (Wildman–Crippen LogP) is 1.76. The summed E-state index contributed by atoms with van der Waals surface area (Å²) in [7, 11) is 1.67. The van der Waals surface area contributed by atoms with Crippen LogP contribution in [0, 0.1) is 11.7 Å². The molecule has 0 aliphatic heterocycles. The third-order valence-corrected chi connectivity index (χ3v) is 3.07. The number of ether oxygens (including phenoxy) is 1. The summed E-state index contributed by atoms with van der Waals surface area (Å²) < 4.78 is 18.6. The first-order valence-corrected chi connectivity index (χ1v) is 5.50. The maximum absolute atomic E-state index is 13.1. The van der Waals surface area contributed by atoms with Crippen LogP contribution in [0.5, 0.6) is 0 Å². The Hall–Kier alpha value is -0.970. The van der Waals surface area contributed by atoms with E-state index in [1.807, 2.05) is 6.07 Å². The van der Waals surface area contributed by atoms with Crippen LogP contribution < -0.4 is 11.3 Å². The average Bonchev–Trinajstić information content (AvgIpc) is 3.09. The molecule has 0 aromatic heterocycles. The number of nitrogens with one attached hydrogen (secondary N) is 1. The molecular formula is C12H17FN2O. The van der Waals surface area contributed by atoms with Gasteiger partial charge in [0.2, 0.25) is 0 Å². The van der Waals surface area contributed by atoms with Crippen LogP contribution in [-0.2, 0) is 4.74 Å². The fraction of sp³-hybridized carbons (Fsp3) is 0.500. The van der Waals surface area contributed by atoms with E-state index < -0.39 is 0 Å². The number of methoxy groups -OCH3 is 1. The highest BCUT2D eigenvalue weighted by molar-refractivity contribution is 5.22. The molecule has 0 heterocycles. The maximum atomic E-state index is 13.1. The molecule has 1 saturated carbocycles. The third kappa shape index (κ3) is 2.40. The molecule has 1 aliphatic carbocycles. The number of hydrogen-bond donors (Lipinski definition) is 2. The molecule has 0 radical (unpaired) electrons. The van der Waals surface area contributed by atoms with Gasteiger partial charge in [-0.1, -0.05) is 12.1 Å². The molecule has 0 bridgehead atoms. The third-order valence-electron chi connectivity index (χ3n) is 3.07. The van der Waals surface area contributed by atoms with Gasteiger partial charge in [0.1, 0.15) is 5.82 Å². The second-order valence-electron chi connectivity index (χ2n) is 4.24. The van der Waals surface area contributed by atoms with E-state index in [0.29, 0.717) is 5.92 Å². The summed E-state index contributed by atoms with van der Waals surface area (Å²) >= 11 is 0. The molecule has 1 fully saturated rings. The number of hydrazine groups is 1. The number of nitrogens with two attached hydrogens (primary N) is 1. The van der Waals surface area contributed by atoms with Gasteiger partial charge in [-0.3, -0.25) is 11.3 Å². The minimum atomic E-state index is -0.247. The SMILES string of the molecule is COC(C1CC1)C(NN)c1cccc(F)c1. The van der Waals surface area contributed by atoms with Crippen LogP contribution in [0.4, 0.5) is 4.39 Å². The molecular weight excluding hydrogens is 207 g/mol. The molecule has 1 aromatic rings. The quantitative estimate of drug-likeness (QED) is 0.591. The Bertz CT molecular complexity index is 355. The van der Waals surface area contributed by atoms with Crippen LogP contribution in [0.2, 0.25) is 0 Å². The van der Waals surface area contributed by atoms with Crippen LogP contribution in [0.25, 0.3) is 0 Å². The molecule has 2 unspecified atom stereocenters. The maximum Gasteiger partial charge on any atom is 0.123 e. The Morgan fingerprint density at radius 1 is 1.50 bits per heavy atom. The van der Waals surface area contributed by atoms with E-state index in [-0.39, 0.29) is 18.0 Å². The van der Waals surface area contributed by atoms with E-state index >= 15 is 0 Å². The van der Waals surface area contributed by atoms with Crippen molar-refractivity contribution in [2.75, 3.05) is 7.11 Å². The highest BCUT2D eigenvalue weighted by atomic mass is 19.1. The normalized spacial score (nSPS) is 19.4. The van der Waals surface area contributed by atoms with Gasteiger partial charge in [-0.2, -0.15) is 0 Å². The van der Waals surface area contributed by atoms with Crippen LogP contribution in [0.1, 0.15) is 24.4 Å². The zero-order valence-corrected chi connectivity index (χ0v) is 9.32. The summed E-state index contributed by atoms with van der Waals surface area (Å²) in [6, 6.07) is 6.33. The van der Waals surface area contributed by atoms with E-state index in [0.717, 1.165) is 18.4 Å². The Morgan fingerprint density at radius 3 is 2.75 bits per heavy atom. The summed E-state index contributed by atoms with van der Waals surface area (Å²) in [6.45, 7) is 0. The van der Waals surface area contributed by atoms with Gasteiger partial charge in [0.05, 0.1) is 12.1 Å². The fourth-order valence-electron chi connectivity index (χ4n) is 2.11. The lowest BCUT2D eigenvalue weighted by Gasteiger charge is -2.25. The molecule has 0 amide bonds. The minimum absolute atomic E-state index is 0.0202. The summed E-state index contributed by atoms with van der Waals surface area (Å²) in [4.78, 5) is 0. The Morgan fingerprint density at radius 2 is 2.25 bits per heavy atom. The predicted molar refractivity (Wildman–Crippen MR) is 60.0 cm³/mol. The second-order valence-corrected chi connectivity index (χ2v) is 4.24. The van der Waals surface area contributed by atoms with Gasteiger partial charge < -0.3 is 4.74 Å². The smallest absolute Gasteiger partial charge is 0.123 e. The van der Waals surface area contributed by atoms with Gasteiger partial charge in [0.25, 0.3) is 0 Å². The molecule has 1 aliphatic rings. The average molecular weight is 224 g/mol. The van der Waals surface area contributed by atoms with Gasteiger partial charge in [-0.05, 0) is 36.5 Å². The molecule has 0 saturated heterocycles. The number of halogens is 1. The molecule has 2 atom stereocenters. The number of benzene rings is 1. The van der Waals surface area contributed by atoms with E-state index in [2.05, 4.69) is 5.43 Å². The van der Waals surface area contributed by atoms with Gasteiger partial charge in [0.15, 0.2) is 0 Å². The summed E-state index contributed by atoms with van der Waals surface area (Å²) in [5, 5.41) is 0. The fourth-order valence-corrected chi connectivity index (χ4v) is 2.11. The molecule has 0 spiro atoms. The monoisotopic (exact) mass is 224 g/mol. The minimum Gasteiger partial charge on any atom is -0.379 e. The van der Waals surface area contributed by atoms with Crippen molar-refractivity contribution in [1.29, 1.82) is 0 Å². The lowest BCUT2D eigenvalue weighted by molar-refractivity contribution is 0.0506. The van der Waals surface area contributed by atoms with E-state index in [1.54, 1.807) is 13.2 Å². The van der Waals surface area contributed by atoms with Crippen LogP contribution in [0.3, 0.4) is 0 Å². The second kappa shape index (κ2) is 4.91. The van der Waals surface area contributed by atoms with Crippen molar-refractivity contribution in [1.82, 2.24) is 5.43 Å². The molecule has 3 N–H and O–H groups in total. The largest absolute Gasteiger partial charge is 0.379 e. The zero-order valence-electron chi connectivity index (χ0n) is 9.32. The first-order valence-electron chi connectivity index (χ1n) is 5.50. The van der Waals surface area contributed by atoms with Crippen LogP contribution in [0.15, 0.2) is 24.3 Å².